The van der Waals surface area contributed by atoms with Crippen molar-refractivity contribution < 1.29 is 23.1 Å². The van der Waals surface area contributed by atoms with E-state index in [1.165, 1.54) is 6.07 Å². The van der Waals surface area contributed by atoms with Crippen LogP contribution in [0, 0.1) is 12.8 Å². The van der Waals surface area contributed by atoms with Gasteiger partial charge in [-0.05, 0) is 48.9 Å². The number of halogens is 3. The highest BCUT2D eigenvalue weighted by atomic mass is 19.4. The van der Waals surface area contributed by atoms with Crippen LogP contribution < -0.4 is 5.32 Å². The topological polar surface area (TPSA) is 52.6 Å². The summed E-state index contributed by atoms with van der Waals surface area (Å²) in [6.07, 6.45) is -2.62. The molecule has 1 heterocycles. The summed E-state index contributed by atoms with van der Waals surface area (Å²) in [5.74, 6) is 0.0994. The fourth-order valence-corrected chi connectivity index (χ4v) is 2.75. The average Bonchev–Trinajstić information content (AvgIpc) is 2.52. The number of rotatable bonds is 3. The summed E-state index contributed by atoms with van der Waals surface area (Å²) in [6, 6.07) is 3.26. The number of hydrogen-bond donors (Lipinski definition) is 2. The Morgan fingerprint density at radius 2 is 2.17 bits per heavy atom. The van der Waals surface area contributed by atoms with Gasteiger partial charge in [0, 0.05) is 26.2 Å². The number of hydrogen-bond acceptors (Lipinski definition) is 2. The number of benzene rings is 1. The molecule has 1 saturated heterocycles. The molecular weight excluding hydrogens is 309 g/mol. The lowest BCUT2D eigenvalue weighted by Crippen LogP contribution is -2.46. The van der Waals surface area contributed by atoms with Crippen LogP contribution in [0.5, 0.6) is 0 Å². The monoisotopic (exact) mass is 330 g/mol. The predicted octanol–water partition coefficient (Wildman–Crippen LogP) is 2.93. The standard InChI is InChI=1S/C16H21F3N2O2/c1-11-7-14(16(17,18)19)5-4-13(11)8-20-15(23)21-6-2-3-12(9-21)10-22/h4-5,7,12,22H,2-3,6,8-10H2,1H3,(H,20,23)/t12-/m0/s1. The van der Waals surface area contributed by atoms with E-state index in [0.717, 1.165) is 25.0 Å². The fourth-order valence-electron chi connectivity index (χ4n) is 2.75. The lowest BCUT2D eigenvalue weighted by atomic mass is 9.99. The van der Waals surface area contributed by atoms with Gasteiger partial charge in [-0.3, -0.25) is 0 Å². The van der Waals surface area contributed by atoms with Gasteiger partial charge in [-0.15, -0.1) is 0 Å². The molecule has 0 aliphatic carbocycles. The maximum absolute atomic E-state index is 12.6. The van der Waals surface area contributed by atoms with E-state index in [0.29, 0.717) is 24.2 Å². The molecule has 1 fully saturated rings. The van der Waals surface area contributed by atoms with Gasteiger partial charge in [0.25, 0.3) is 0 Å². The van der Waals surface area contributed by atoms with Gasteiger partial charge < -0.3 is 15.3 Å². The minimum Gasteiger partial charge on any atom is -0.396 e. The first-order valence-corrected chi connectivity index (χ1v) is 7.61. The molecule has 0 saturated carbocycles. The molecule has 2 rings (SSSR count). The van der Waals surface area contributed by atoms with E-state index < -0.39 is 11.7 Å². The van der Waals surface area contributed by atoms with Crippen LogP contribution in [-0.2, 0) is 12.7 Å². The van der Waals surface area contributed by atoms with Crippen LogP contribution in [0.4, 0.5) is 18.0 Å². The van der Waals surface area contributed by atoms with Crippen molar-refractivity contribution >= 4 is 6.03 Å². The van der Waals surface area contributed by atoms with E-state index in [9.17, 15) is 23.1 Å². The summed E-state index contributed by atoms with van der Waals surface area (Å²) in [6.45, 7) is 2.98. The second-order valence-electron chi connectivity index (χ2n) is 5.93. The highest BCUT2D eigenvalue weighted by molar-refractivity contribution is 5.74. The number of carbonyl (C=O) groups excluding carboxylic acids is 1. The van der Waals surface area contributed by atoms with E-state index in [1.54, 1.807) is 11.8 Å². The Morgan fingerprint density at radius 1 is 1.43 bits per heavy atom. The van der Waals surface area contributed by atoms with E-state index in [1.807, 2.05) is 0 Å². The molecule has 1 aromatic carbocycles. The summed E-state index contributed by atoms with van der Waals surface area (Å²) < 4.78 is 37.9. The second-order valence-corrected chi connectivity index (χ2v) is 5.93. The zero-order chi connectivity index (χ0) is 17.0. The van der Waals surface area contributed by atoms with Crippen LogP contribution in [0.3, 0.4) is 0 Å². The van der Waals surface area contributed by atoms with Gasteiger partial charge in [0.1, 0.15) is 0 Å². The first-order valence-electron chi connectivity index (χ1n) is 7.61. The third-order valence-electron chi connectivity index (χ3n) is 4.16. The molecule has 1 aromatic rings. The normalized spacial score (nSPS) is 18.8. The van der Waals surface area contributed by atoms with Crippen molar-refractivity contribution in [3.8, 4) is 0 Å². The number of aryl methyl sites for hydroxylation is 1. The number of nitrogens with one attached hydrogen (secondary N) is 1. The van der Waals surface area contributed by atoms with Crippen molar-refractivity contribution in [1.82, 2.24) is 10.2 Å². The molecule has 1 atom stereocenters. The van der Waals surface area contributed by atoms with Gasteiger partial charge in [-0.25, -0.2) is 4.79 Å². The Hall–Kier alpha value is -1.76. The number of alkyl halides is 3. The van der Waals surface area contributed by atoms with Crippen molar-refractivity contribution in [1.29, 1.82) is 0 Å². The van der Waals surface area contributed by atoms with Crippen LogP contribution in [0.1, 0.15) is 29.5 Å². The molecule has 1 aliphatic heterocycles. The van der Waals surface area contributed by atoms with Gasteiger partial charge in [0.2, 0.25) is 0 Å². The Bertz CT molecular complexity index is 561. The maximum Gasteiger partial charge on any atom is 0.416 e. The maximum atomic E-state index is 12.6. The summed E-state index contributed by atoms with van der Waals surface area (Å²) in [4.78, 5) is 13.8. The molecule has 0 unspecified atom stereocenters. The molecule has 7 heteroatoms. The van der Waals surface area contributed by atoms with Crippen LogP contribution in [0.2, 0.25) is 0 Å². The van der Waals surface area contributed by atoms with Crippen molar-refractivity contribution in [2.45, 2.75) is 32.5 Å². The lowest BCUT2D eigenvalue weighted by Gasteiger charge is -2.31. The Morgan fingerprint density at radius 3 is 2.78 bits per heavy atom. The number of piperidine rings is 1. The summed E-state index contributed by atoms with van der Waals surface area (Å²) >= 11 is 0. The molecule has 128 valence electrons. The average molecular weight is 330 g/mol. The number of nitrogens with zero attached hydrogens (tertiary/aromatic N) is 1. The zero-order valence-electron chi connectivity index (χ0n) is 13.0. The van der Waals surface area contributed by atoms with Gasteiger partial charge in [-0.2, -0.15) is 13.2 Å². The molecule has 2 N–H and O–H groups in total. The number of carbonyl (C=O) groups is 1. The Kier molecular flexibility index (Phi) is 5.51. The summed E-state index contributed by atoms with van der Waals surface area (Å²) in [5.41, 5.74) is 0.459. The van der Waals surface area contributed by atoms with E-state index in [4.69, 9.17) is 0 Å². The Balaban J connectivity index is 1.94. The molecule has 0 bridgehead atoms. The third-order valence-corrected chi connectivity index (χ3v) is 4.16. The number of aliphatic hydroxyl groups excluding tert-OH is 1. The number of likely N-dealkylation sites (tertiary alicyclic amines) is 1. The first-order chi connectivity index (χ1) is 10.8. The van der Waals surface area contributed by atoms with Crippen LogP contribution >= 0.6 is 0 Å². The molecule has 0 aromatic heterocycles. The van der Waals surface area contributed by atoms with Gasteiger partial charge >= 0.3 is 12.2 Å². The zero-order valence-corrected chi connectivity index (χ0v) is 13.0. The minimum absolute atomic E-state index is 0.0573. The molecule has 0 radical (unpaired) electrons. The Labute approximate surface area is 133 Å². The van der Waals surface area contributed by atoms with E-state index in [-0.39, 0.29) is 25.1 Å². The van der Waals surface area contributed by atoms with Gasteiger partial charge in [0.05, 0.1) is 5.56 Å². The smallest absolute Gasteiger partial charge is 0.396 e. The molecular formula is C16H21F3N2O2. The number of urea groups is 1. The SMILES string of the molecule is Cc1cc(C(F)(F)F)ccc1CNC(=O)N1CCC[C@H](CO)C1. The lowest BCUT2D eigenvalue weighted by molar-refractivity contribution is -0.137. The van der Waals surface area contributed by atoms with Crippen molar-refractivity contribution in [2.24, 2.45) is 5.92 Å². The fraction of sp³-hybridized carbons (Fsp3) is 0.562. The first kappa shape index (κ1) is 17.6. The quantitative estimate of drug-likeness (QED) is 0.895. The van der Waals surface area contributed by atoms with Gasteiger partial charge in [0.15, 0.2) is 0 Å². The molecule has 2 amide bonds. The number of amides is 2. The van der Waals surface area contributed by atoms with Crippen LogP contribution in [-0.4, -0.2) is 35.7 Å². The van der Waals surface area contributed by atoms with E-state index in [2.05, 4.69) is 5.32 Å². The number of aliphatic hydroxyl groups is 1. The predicted molar refractivity (Wildman–Crippen MR) is 79.8 cm³/mol. The molecule has 23 heavy (non-hydrogen) atoms. The highest BCUT2D eigenvalue weighted by Crippen LogP contribution is 2.30. The summed E-state index contributed by atoms with van der Waals surface area (Å²) in [5, 5.41) is 11.9. The molecule has 0 spiro atoms. The summed E-state index contributed by atoms with van der Waals surface area (Å²) in [7, 11) is 0. The highest BCUT2D eigenvalue weighted by Gasteiger charge is 2.30. The van der Waals surface area contributed by atoms with Crippen molar-refractivity contribution in [2.75, 3.05) is 19.7 Å². The molecule has 1 aliphatic rings. The largest absolute Gasteiger partial charge is 0.416 e. The second kappa shape index (κ2) is 7.21. The van der Waals surface area contributed by atoms with Crippen LogP contribution in [0.15, 0.2) is 18.2 Å². The minimum atomic E-state index is -4.36. The molecule has 4 nitrogen and oxygen atoms in total. The van der Waals surface area contributed by atoms with Gasteiger partial charge in [-0.1, -0.05) is 6.07 Å². The van der Waals surface area contributed by atoms with Crippen molar-refractivity contribution in [3.63, 3.8) is 0 Å². The van der Waals surface area contributed by atoms with E-state index >= 15 is 0 Å². The third kappa shape index (κ3) is 4.60. The van der Waals surface area contributed by atoms with Crippen molar-refractivity contribution in [3.05, 3.63) is 34.9 Å². The van der Waals surface area contributed by atoms with Crippen LogP contribution in [0.25, 0.3) is 0 Å².